The van der Waals surface area contributed by atoms with Crippen molar-refractivity contribution in [1.82, 2.24) is 9.88 Å². The van der Waals surface area contributed by atoms with E-state index < -0.39 is 0 Å². The van der Waals surface area contributed by atoms with Gasteiger partial charge in [-0.25, -0.2) is 4.98 Å². The van der Waals surface area contributed by atoms with Crippen LogP contribution in [-0.4, -0.2) is 28.9 Å². The second-order valence-corrected chi connectivity index (χ2v) is 6.14. The summed E-state index contributed by atoms with van der Waals surface area (Å²) in [6.07, 6.45) is 2.60. The molecular weight excluding hydrogens is 286 g/mol. The Morgan fingerprint density at radius 1 is 1.43 bits per heavy atom. The molecule has 5 nitrogen and oxygen atoms in total. The maximum absolute atomic E-state index is 11.2. The molecule has 21 heavy (non-hydrogen) atoms. The SMILES string of the molecule is NC(=O)[C@H]1CCN(Cc2ccc(Sc3ccccn3)o2)C1. The van der Waals surface area contributed by atoms with Crippen molar-refractivity contribution < 1.29 is 9.21 Å². The van der Waals surface area contributed by atoms with Crippen LogP contribution in [0.15, 0.2) is 51.1 Å². The minimum absolute atomic E-state index is 0.0256. The summed E-state index contributed by atoms with van der Waals surface area (Å²) in [7, 11) is 0. The van der Waals surface area contributed by atoms with Gasteiger partial charge in [-0.15, -0.1) is 0 Å². The largest absolute Gasteiger partial charge is 0.453 e. The van der Waals surface area contributed by atoms with Crippen LogP contribution in [0.5, 0.6) is 0 Å². The molecule has 110 valence electrons. The number of nitrogens with zero attached hydrogens (tertiary/aromatic N) is 2. The molecule has 1 saturated heterocycles. The topological polar surface area (TPSA) is 72.4 Å². The monoisotopic (exact) mass is 303 g/mol. The van der Waals surface area contributed by atoms with E-state index in [0.29, 0.717) is 6.54 Å². The van der Waals surface area contributed by atoms with Gasteiger partial charge in [-0.05, 0) is 49.0 Å². The highest BCUT2D eigenvalue weighted by molar-refractivity contribution is 7.99. The zero-order valence-electron chi connectivity index (χ0n) is 11.6. The van der Waals surface area contributed by atoms with Crippen molar-refractivity contribution in [2.24, 2.45) is 11.7 Å². The van der Waals surface area contributed by atoms with Crippen LogP contribution in [0.25, 0.3) is 0 Å². The normalized spacial score (nSPS) is 19.0. The van der Waals surface area contributed by atoms with E-state index in [9.17, 15) is 4.79 Å². The number of aromatic nitrogens is 1. The molecule has 0 unspecified atom stereocenters. The van der Waals surface area contributed by atoms with Crippen LogP contribution in [0.3, 0.4) is 0 Å². The quantitative estimate of drug-likeness (QED) is 0.916. The molecule has 0 bridgehead atoms. The maximum atomic E-state index is 11.2. The van der Waals surface area contributed by atoms with Gasteiger partial charge in [0.25, 0.3) is 0 Å². The number of hydrogen-bond acceptors (Lipinski definition) is 5. The average Bonchev–Trinajstić information content (AvgIpc) is 3.10. The summed E-state index contributed by atoms with van der Waals surface area (Å²) < 4.78 is 5.81. The third-order valence-electron chi connectivity index (χ3n) is 3.53. The first-order valence-corrected chi connectivity index (χ1v) is 7.71. The number of amides is 1. The third kappa shape index (κ3) is 3.65. The van der Waals surface area contributed by atoms with E-state index in [1.54, 1.807) is 6.20 Å². The van der Waals surface area contributed by atoms with E-state index in [1.807, 2.05) is 30.3 Å². The van der Waals surface area contributed by atoms with Crippen molar-refractivity contribution in [3.05, 3.63) is 42.3 Å². The molecule has 0 saturated carbocycles. The molecule has 0 aliphatic carbocycles. The van der Waals surface area contributed by atoms with Gasteiger partial charge in [-0.3, -0.25) is 9.69 Å². The van der Waals surface area contributed by atoms with E-state index >= 15 is 0 Å². The Hall–Kier alpha value is -1.79. The molecule has 1 aliphatic heterocycles. The lowest BCUT2D eigenvalue weighted by atomic mass is 10.1. The number of carbonyl (C=O) groups is 1. The number of furan rings is 1. The lowest BCUT2D eigenvalue weighted by Gasteiger charge is -2.13. The highest BCUT2D eigenvalue weighted by Gasteiger charge is 2.26. The van der Waals surface area contributed by atoms with E-state index in [0.717, 1.165) is 35.4 Å². The molecule has 1 amide bonds. The van der Waals surface area contributed by atoms with Gasteiger partial charge >= 0.3 is 0 Å². The summed E-state index contributed by atoms with van der Waals surface area (Å²) in [5, 5.41) is 1.74. The van der Waals surface area contributed by atoms with Crippen molar-refractivity contribution in [3.8, 4) is 0 Å². The Kier molecular flexibility index (Phi) is 4.26. The standard InChI is InChI=1S/C15H17N3O2S/c16-15(19)11-6-8-18(9-11)10-12-4-5-14(20-12)21-13-3-1-2-7-17-13/h1-5,7,11H,6,8-10H2,(H2,16,19)/t11-/m0/s1. The van der Waals surface area contributed by atoms with Crippen LogP contribution in [0.2, 0.25) is 0 Å². The molecule has 2 aromatic heterocycles. The summed E-state index contributed by atoms with van der Waals surface area (Å²) >= 11 is 1.50. The van der Waals surface area contributed by atoms with Gasteiger partial charge in [0.15, 0.2) is 5.09 Å². The van der Waals surface area contributed by atoms with E-state index in [-0.39, 0.29) is 11.8 Å². The number of primary amides is 1. The van der Waals surface area contributed by atoms with E-state index in [1.165, 1.54) is 11.8 Å². The van der Waals surface area contributed by atoms with Crippen molar-refractivity contribution >= 4 is 17.7 Å². The van der Waals surface area contributed by atoms with Crippen LogP contribution < -0.4 is 5.73 Å². The fourth-order valence-electron chi connectivity index (χ4n) is 2.44. The van der Waals surface area contributed by atoms with Crippen molar-refractivity contribution in [2.75, 3.05) is 13.1 Å². The summed E-state index contributed by atoms with van der Waals surface area (Å²) in [6, 6.07) is 9.72. The van der Waals surface area contributed by atoms with Gasteiger partial charge in [-0.2, -0.15) is 0 Å². The van der Waals surface area contributed by atoms with Gasteiger partial charge in [-0.1, -0.05) is 6.07 Å². The number of hydrogen-bond donors (Lipinski definition) is 1. The molecule has 2 aromatic rings. The first-order chi connectivity index (χ1) is 10.2. The van der Waals surface area contributed by atoms with Crippen molar-refractivity contribution in [2.45, 2.75) is 23.1 Å². The lowest BCUT2D eigenvalue weighted by molar-refractivity contribution is -0.121. The van der Waals surface area contributed by atoms with Gasteiger partial charge in [0, 0.05) is 12.7 Å². The van der Waals surface area contributed by atoms with Crippen LogP contribution in [0.1, 0.15) is 12.2 Å². The van der Waals surface area contributed by atoms with Gasteiger partial charge in [0.1, 0.15) is 10.8 Å². The number of pyridine rings is 1. The highest BCUT2D eigenvalue weighted by Crippen LogP contribution is 2.28. The van der Waals surface area contributed by atoms with Gasteiger partial charge in [0.2, 0.25) is 5.91 Å². The number of likely N-dealkylation sites (tertiary alicyclic amines) is 1. The number of nitrogens with two attached hydrogens (primary N) is 1. The lowest BCUT2D eigenvalue weighted by Crippen LogP contribution is -2.27. The zero-order chi connectivity index (χ0) is 14.7. The molecule has 2 N–H and O–H groups in total. The maximum Gasteiger partial charge on any atom is 0.221 e. The zero-order valence-corrected chi connectivity index (χ0v) is 12.4. The van der Waals surface area contributed by atoms with Gasteiger partial charge in [0.05, 0.1) is 12.5 Å². The van der Waals surface area contributed by atoms with Crippen LogP contribution in [0.4, 0.5) is 0 Å². The summed E-state index contributed by atoms with van der Waals surface area (Å²) in [4.78, 5) is 17.6. The average molecular weight is 303 g/mol. The minimum Gasteiger partial charge on any atom is -0.453 e. The summed E-state index contributed by atoms with van der Waals surface area (Å²) in [5.41, 5.74) is 5.34. The summed E-state index contributed by atoms with van der Waals surface area (Å²) in [6.45, 7) is 2.32. The first-order valence-electron chi connectivity index (χ1n) is 6.90. The van der Waals surface area contributed by atoms with Gasteiger partial charge < -0.3 is 10.2 Å². The highest BCUT2D eigenvalue weighted by atomic mass is 32.2. The molecular formula is C15H17N3O2S. The van der Waals surface area contributed by atoms with Crippen molar-refractivity contribution in [3.63, 3.8) is 0 Å². The summed E-state index contributed by atoms with van der Waals surface area (Å²) in [5.74, 6) is 0.671. The number of rotatable bonds is 5. The Balaban J connectivity index is 1.57. The third-order valence-corrected chi connectivity index (χ3v) is 4.41. The fourth-order valence-corrected chi connectivity index (χ4v) is 3.19. The Labute approximate surface area is 127 Å². The van der Waals surface area contributed by atoms with E-state index in [4.69, 9.17) is 10.2 Å². The van der Waals surface area contributed by atoms with Crippen LogP contribution in [-0.2, 0) is 11.3 Å². The second kappa shape index (κ2) is 6.32. The molecule has 6 heteroatoms. The molecule has 1 aliphatic rings. The Morgan fingerprint density at radius 3 is 3.05 bits per heavy atom. The first kappa shape index (κ1) is 14.2. The molecule has 3 heterocycles. The smallest absolute Gasteiger partial charge is 0.221 e. The minimum atomic E-state index is -0.205. The number of carbonyl (C=O) groups excluding carboxylic acids is 1. The molecule has 0 radical (unpaired) electrons. The molecule has 1 atom stereocenters. The van der Waals surface area contributed by atoms with Crippen LogP contribution >= 0.6 is 11.8 Å². The fraction of sp³-hybridized carbons (Fsp3) is 0.333. The Morgan fingerprint density at radius 2 is 2.33 bits per heavy atom. The molecule has 1 fully saturated rings. The molecule has 3 rings (SSSR count). The predicted molar refractivity (Wildman–Crippen MR) is 79.6 cm³/mol. The van der Waals surface area contributed by atoms with E-state index in [2.05, 4.69) is 9.88 Å². The predicted octanol–water partition coefficient (Wildman–Crippen LogP) is 2.13. The molecule has 0 spiro atoms. The van der Waals surface area contributed by atoms with Crippen LogP contribution in [0, 0.1) is 5.92 Å². The Bertz CT molecular complexity index is 614. The molecule has 0 aromatic carbocycles. The second-order valence-electron chi connectivity index (χ2n) is 5.11. The van der Waals surface area contributed by atoms with Crippen molar-refractivity contribution in [1.29, 1.82) is 0 Å².